The summed E-state index contributed by atoms with van der Waals surface area (Å²) in [4.78, 5) is 14.8. The molecular formula is C19H25N5O. The molecule has 1 aromatic heterocycles. The van der Waals surface area contributed by atoms with Crippen molar-refractivity contribution in [3.8, 4) is 0 Å². The minimum atomic E-state index is 0.0908. The lowest BCUT2D eigenvalue weighted by molar-refractivity contribution is 0.0706. The van der Waals surface area contributed by atoms with Crippen molar-refractivity contribution in [2.75, 3.05) is 13.1 Å². The third kappa shape index (κ3) is 3.18. The molecule has 2 aliphatic rings. The van der Waals surface area contributed by atoms with E-state index in [0.717, 1.165) is 49.7 Å². The van der Waals surface area contributed by atoms with Crippen LogP contribution in [0.15, 0.2) is 18.2 Å². The molecule has 132 valence electrons. The van der Waals surface area contributed by atoms with Crippen LogP contribution >= 0.6 is 0 Å². The third-order valence-corrected chi connectivity index (χ3v) is 5.05. The Labute approximate surface area is 148 Å². The molecule has 0 saturated heterocycles. The zero-order chi connectivity index (χ0) is 17.4. The number of nitrogens with one attached hydrogen (secondary N) is 1. The summed E-state index contributed by atoms with van der Waals surface area (Å²) in [6.45, 7) is 8.27. The zero-order valence-electron chi connectivity index (χ0n) is 15.0. The van der Waals surface area contributed by atoms with Gasteiger partial charge in [-0.3, -0.25) is 4.79 Å². The molecule has 4 rings (SSSR count). The lowest BCUT2D eigenvalue weighted by Crippen LogP contribution is -2.39. The van der Waals surface area contributed by atoms with Crippen LogP contribution in [0.5, 0.6) is 0 Å². The largest absolute Gasteiger partial charge is 0.329 e. The molecule has 1 N–H and O–H groups in total. The molecule has 1 aromatic carbocycles. The van der Waals surface area contributed by atoms with Crippen LogP contribution in [-0.2, 0) is 32.5 Å². The molecule has 6 heteroatoms. The number of carbonyl (C=O) groups is 1. The van der Waals surface area contributed by atoms with E-state index in [-0.39, 0.29) is 5.91 Å². The molecule has 0 bridgehead atoms. The summed E-state index contributed by atoms with van der Waals surface area (Å²) in [7, 11) is 0. The van der Waals surface area contributed by atoms with Gasteiger partial charge >= 0.3 is 0 Å². The molecule has 6 nitrogen and oxygen atoms in total. The SMILES string of the molecule is CC(C)Cc1nnc2n1CCN(C(=O)c1ccc3c(c1)CNCC3)C2. The van der Waals surface area contributed by atoms with Gasteiger partial charge in [-0.05, 0) is 42.1 Å². The first-order valence-corrected chi connectivity index (χ1v) is 9.14. The number of carbonyl (C=O) groups excluding carboxylic acids is 1. The van der Waals surface area contributed by atoms with E-state index in [1.54, 1.807) is 0 Å². The van der Waals surface area contributed by atoms with Gasteiger partial charge in [0.2, 0.25) is 0 Å². The maximum Gasteiger partial charge on any atom is 0.254 e. The Bertz CT molecular complexity index is 795. The molecule has 0 radical (unpaired) electrons. The fourth-order valence-corrected chi connectivity index (χ4v) is 3.70. The molecule has 2 aromatic rings. The van der Waals surface area contributed by atoms with E-state index in [0.29, 0.717) is 19.0 Å². The topological polar surface area (TPSA) is 63.1 Å². The number of hydrogen-bond donors (Lipinski definition) is 1. The average Bonchev–Trinajstić information content (AvgIpc) is 3.02. The molecule has 1 amide bonds. The highest BCUT2D eigenvalue weighted by Crippen LogP contribution is 2.20. The Morgan fingerprint density at radius 2 is 2.12 bits per heavy atom. The number of hydrogen-bond acceptors (Lipinski definition) is 4. The molecule has 0 fully saturated rings. The highest BCUT2D eigenvalue weighted by molar-refractivity contribution is 5.94. The lowest BCUT2D eigenvalue weighted by atomic mass is 9.98. The number of amides is 1. The Kier molecular flexibility index (Phi) is 4.29. The van der Waals surface area contributed by atoms with Crippen LogP contribution in [0, 0.1) is 5.92 Å². The molecule has 3 heterocycles. The highest BCUT2D eigenvalue weighted by atomic mass is 16.2. The van der Waals surface area contributed by atoms with Crippen LogP contribution in [0.3, 0.4) is 0 Å². The van der Waals surface area contributed by atoms with Crippen molar-refractivity contribution in [2.45, 2.75) is 46.3 Å². The van der Waals surface area contributed by atoms with E-state index in [2.05, 4.69) is 40.0 Å². The Morgan fingerprint density at radius 1 is 1.24 bits per heavy atom. The van der Waals surface area contributed by atoms with E-state index < -0.39 is 0 Å². The van der Waals surface area contributed by atoms with Crippen LogP contribution in [0.4, 0.5) is 0 Å². The smallest absolute Gasteiger partial charge is 0.254 e. The van der Waals surface area contributed by atoms with Gasteiger partial charge in [0.15, 0.2) is 5.82 Å². The van der Waals surface area contributed by atoms with Gasteiger partial charge in [-0.2, -0.15) is 0 Å². The number of nitrogens with zero attached hydrogens (tertiary/aromatic N) is 4. The van der Waals surface area contributed by atoms with Crippen molar-refractivity contribution in [1.29, 1.82) is 0 Å². The van der Waals surface area contributed by atoms with Gasteiger partial charge in [-0.15, -0.1) is 10.2 Å². The summed E-state index contributed by atoms with van der Waals surface area (Å²) in [5.41, 5.74) is 3.38. The third-order valence-electron chi connectivity index (χ3n) is 5.05. The normalized spacial score (nSPS) is 16.7. The minimum absolute atomic E-state index is 0.0908. The predicted molar refractivity (Wildman–Crippen MR) is 95.2 cm³/mol. The summed E-state index contributed by atoms with van der Waals surface area (Å²) < 4.78 is 2.18. The van der Waals surface area contributed by atoms with E-state index >= 15 is 0 Å². The summed E-state index contributed by atoms with van der Waals surface area (Å²) in [6.07, 6.45) is 1.97. The van der Waals surface area contributed by atoms with Gasteiger partial charge in [0.25, 0.3) is 5.91 Å². The van der Waals surface area contributed by atoms with Gasteiger partial charge in [-0.25, -0.2) is 0 Å². The summed E-state index contributed by atoms with van der Waals surface area (Å²) in [5.74, 6) is 2.58. The number of rotatable bonds is 3. The molecule has 0 aliphatic carbocycles. The van der Waals surface area contributed by atoms with Crippen molar-refractivity contribution in [3.63, 3.8) is 0 Å². The Hall–Kier alpha value is -2.21. The maximum atomic E-state index is 12.9. The van der Waals surface area contributed by atoms with Crippen molar-refractivity contribution < 1.29 is 4.79 Å². The standard InChI is InChI=1S/C19H25N5O/c1-13(2)9-17-21-22-18-12-23(7-8-24(17)18)19(25)15-4-3-14-5-6-20-11-16(14)10-15/h3-4,10,13,20H,5-9,11-12H2,1-2H3. The zero-order valence-corrected chi connectivity index (χ0v) is 15.0. The highest BCUT2D eigenvalue weighted by Gasteiger charge is 2.26. The number of benzene rings is 1. The first kappa shape index (κ1) is 16.3. The van der Waals surface area contributed by atoms with Crippen LogP contribution in [0.25, 0.3) is 0 Å². The Balaban J connectivity index is 1.51. The summed E-state index contributed by atoms with van der Waals surface area (Å²) >= 11 is 0. The second-order valence-corrected chi connectivity index (χ2v) is 7.42. The molecular weight excluding hydrogens is 314 g/mol. The fraction of sp³-hybridized carbons (Fsp3) is 0.526. The molecule has 0 atom stereocenters. The monoisotopic (exact) mass is 339 g/mol. The van der Waals surface area contributed by atoms with Crippen molar-refractivity contribution in [1.82, 2.24) is 25.0 Å². The van der Waals surface area contributed by atoms with Gasteiger partial charge in [-0.1, -0.05) is 19.9 Å². The Morgan fingerprint density at radius 3 is 2.96 bits per heavy atom. The van der Waals surface area contributed by atoms with Crippen molar-refractivity contribution in [3.05, 3.63) is 46.5 Å². The molecule has 0 saturated carbocycles. The maximum absolute atomic E-state index is 12.9. The summed E-state index contributed by atoms with van der Waals surface area (Å²) in [6, 6.07) is 6.12. The fourth-order valence-electron chi connectivity index (χ4n) is 3.70. The molecule has 25 heavy (non-hydrogen) atoms. The number of aromatic nitrogens is 3. The molecule has 0 spiro atoms. The average molecular weight is 339 g/mol. The van der Waals surface area contributed by atoms with Gasteiger partial charge in [0.1, 0.15) is 5.82 Å². The molecule has 2 aliphatic heterocycles. The van der Waals surface area contributed by atoms with Crippen LogP contribution in [0.1, 0.15) is 47.0 Å². The van der Waals surface area contributed by atoms with E-state index in [9.17, 15) is 4.79 Å². The predicted octanol–water partition coefficient (Wildman–Crippen LogP) is 1.78. The van der Waals surface area contributed by atoms with Crippen LogP contribution < -0.4 is 5.32 Å². The summed E-state index contributed by atoms with van der Waals surface area (Å²) in [5, 5.41) is 12.0. The number of fused-ring (bicyclic) bond motifs is 2. The van der Waals surface area contributed by atoms with Crippen LogP contribution in [-0.4, -0.2) is 38.7 Å². The first-order valence-electron chi connectivity index (χ1n) is 9.14. The first-order chi connectivity index (χ1) is 12.1. The van der Waals surface area contributed by atoms with E-state index in [4.69, 9.17) is 0 Å². The van der Waals surface area contributed by atoms with Crippen molar-refractivity contribution in [2.24, 2.45) is 5.92 Å². The van der Waals surface area contributed by atoms with Crippen LogP contribution in [0.2, 0.25) is 0 Å². The quantitative estimate of drug-likeness (QED) is 0.926. The minimum Gasteiger partial charge on any atom is -0.329 e. The van der Waals surface area contributed by atoms with Gasteiger partial charge in [0, 0.05) is 31.6 Å². The van der Waals surface area contributed by atoms with E-state index in [1.165, 1.54) is 11.1 Å². The molecule has 0 unspecified atom stereocenters. The van der Waals surface area contributed by atoms with E-state index in [1.807, 2.05) is 17.0 Å². The lowest BCUT2D eigenvalue weighted by Gasteiger charge is -2.28. The second kappa shape index (κ2) is 6.59. The van der Waals surface area contributed by atoms with Gasteiger partial charge < -0.3 is 14.8 Å². The second-order valence-electron chi connectivity index (χ2n) is 7.42. The van der Waals surface area contributed by atoms with Gasteiger partial charge in [0.05, 0.1) is 6.54 Å². The van der Waals surface area contributed by atoms with Crippen molar-refractivity contribution >= 4 is 5.91 Å².